The Balaban J connectivity index is 1.76. The molecule has 0 heterocycles. The van der Waals surface area contributed by atoms with Crippen LogP contribution >= 0.6 is 0 Å². The van der Waals surface area contributed by atoms with Gasteiger partial charge in [-0.2, -0.15) is 0 Å². The molecule has 0 saturated heterocycles. The van der Waals surface area contributed by atoms with E-state index in [1.807, 2.05) is 0 Å². The van der Waals surface area contributed by atoms with Crippen LogP contribution < -0.4 is 11.5 Å². The Hall–Kier alpha value is -5.60. The largest absolute Gasteiger partial charge is 0.398 e. The van der Waals surface area contributed by atoms with Crippen LogP contribution in [-0.2, 0) is 0 Å². The van der Waals surface area contributed by atoms with Gasteiger partial charge in [0.1, 0.15) is 0 Å². The molecule has 0 saturated carbocycles. The fourth-order valence-electron chi connectivity index (χ4n) is 7.58. The van der Waals surface area contributed by atoms with Gasteiger partial charge in [-0.05, 0) is 72.4 Å². The zero-order valence-electron chi connectivity index (χ0n) is 26.7. The Bertz CT molecular complexity index is 2480. The van der Waals surface area contributed by atoms with Crippen molar-refractivity contribution in [2.45, 2.75) is 27.7 Å². The standard InChI is InChI=1S/C44H36N2/c1-25-9-5-13-30(21-25)37-38(31-14-6-10-26(2)22-31)43-39(32-15-7-11-27(3)23-32)40(33-16-8-12-28(4)24-33)44(46)34-19-17-29-18-20-35(45)42(37)36(29)41(34)43/h5-24H,45-46H2,1-4H3. The first-order valence-corrected chi connectivity index (χ1v) is 15.9. The maximum Gasteiger partial charge on any atom is 0.0480 e. The number of nitrogen functional groups attached to an aromatic ring is 2. The van der Waals surface area contributed by atoms with E-state index in [0.717, 1.165) is 77.3 Å². The topological polar surface area (TPSA) is 52.0 Å². The normalized spacial score (nSPS) is 11.7. The average Bonchev–Trinajstić information content (AvgIpc) is 3.04. The van der Waals surface area contributed by atoms with Crippen molar-refractivity contribution >= 4 is 43.7 Å². The van der Waals surface area contributed by atoms with Gasteiger partial charge in [0, 0.05) is 49.6 Å². The Kier molecular flexibility index (Phi) is 6.37. The van der Waals surface area contributed by atoms with E-state index in [-0.39, 0.29) is 0 Å². The fourth-order valence-corrected chi connectivity index (χ4v) is 7.58. The molecule has 0 atom stereocenters. The highest BCUT2D eigenvalue weighted by Gasteiger charge is 2.28. The lowest BCUT2D eigenvalue weighted by molar-refractivity contribution is 1.45. The second-order valence-corrected chi connectivity index (χ2v) is 12.9. The van der Waals surface area contributed by atoms with Crippen LogP contribution in [0.3, 0.4) is 0 Å². The first-order valence-electron chi connectivity index (χ1n) is 15.9. The van der Waals surface area contributed by atoms with E-state index in [2.05, 4.69) is 149 Å². The molecule has 0 aliphatic heterocycles. The molecule has 8 aromatic carbocycles. The molecule has 0 aliphatic rings. The van der Waals surface area contributed by atoms with E-state index >= 15 is 0 Å². The van der Waals surface area contributed by atoms with Crippen LogP contribution in [0.1, 0.15) is 22.3 Å². The minimum Gasteiger partial charge on any atom is -0.398 e. The molecule has 8 aromatic rings. The van der Waals surface area contributed by atoms with Crippen molar-refractivity contribution in [2.75, 3.05) is 11.5 Å². The van der Waals surface area contributed by atoms with E-state index in [0.29, 0.717) is 0 Å². The molecule has 0 amide bonds. The van der Waals surface area contributed by atoms with Crippen molar-refractivity contribution in [3.63, 3.8) is 0 Å². The Morgan fingerprint density at radius 2 is 0.783 bits per heavy atom. The lowest BCUT2D eigenvalue weighted by atomic mass is 9.76. The number of hydrogen-bond donors (Lipinski definition) is 2. The monoisotopic (exact) mass is 592 g/mol. The predicted molar refractivity (Wildman–Crippen MR) is 200 cm³/mol. The highest BCUT2D eigenvalue weighted by Crippen LogP contribution is 2.56. The number of benzene rings is 8. The Morgan fingerprint density at radius 1 is 0.370 bits per heavy atom. The second-order valence-electron chi connectivity index (χ2n) is 12.9. The third kappa shape index (κ3) is 4.25. The second kappa shape index (κ2) is 10.5. The zero-order chi connectivity index (χ0) is 31.7. The van der Waals surface area contributed by atoms with Gasteiger partial charge >= 0.3 is 0 Å². The van der Waals surface area contributed by atoms with Crippen molar-refractivity contribution in [1.29, 1.82) is 0 Å². The Labute approximate surface area is 270 Å². The lowest BCUT2D eigenvalue weighted by Gasteiger charge is -2.27. The summed E-state index contributed by atoms with van der Waals surface area (Å²) in [7, 11) is 0. The average molecular weight is 593 g/mol. The van der Waals surface area contributed by atoms with Crippen LogP contribution in [0, 0.1) is 27.7 Å². The van der Waals surface area contributed by atoms with Gasteiger partial charge in [0.25, 0.3) is 0 Å². The van der Waals surface area contributed by atoms with Gasteiger partial charge in [-0.1, -0.05) is 138 Å². The summed E-state index contributed by atoms with van der Waals surface area (Å²) in [6, 6.07) is 43.9. The van der Waals surface area contributed by atoms with Crippen LogP contribution in [0.25, 0.3) is 76.8 Å². The molecule has 8 rings (SSSR count). The number of aryl methyl sites for hydroxylation is 4. The molecular weight excluding hydrogens is 556 g/mol. The van der Waals surface area contributed by atoms with Crippen molar-refractivity contribution in [1.82, 2.24) is 0 Å². The van der Waals surface area contributed by atoms with Crippen molar-refractivity contribution in [2.24, 2.45) is 0 Å². The quantitative estimate of drug-likeness (QED) is 0.158. The van der Waals surface area contributed by atoms with E-state index in [4.69, 9.17) is 11.5 Å². The predicted octanol–water partition coefficient (Wildman–Crippen LogP) is 11.7. The lowest BCUT2D eigenvalue weighted by Crippen LogP contribution is -2.03. The van der Waals surface area contributed by atoms with E-state index < -0.39 is 0 Å². The first kappa shape index (κ1) is 27.9. The summed E-state index contributed by atoms with van der Waals surface area (Å²) in [5.74, 6) is 0. The zero-order valence-corrected chi connectivity index (χ0v) is 26.7. The molecule has 0 fully saturated rings. The summed E-state index contributed by atoms with van der Waals surface area (Å²) >= 11 is 0. The molecule has 4 N–H and O–H groups in total. The van der Waals surface area contributed by atoms with Gasteiger partial charge in [0.05, 0.1) is 0 Å². The van der Waals surface area contributed by atoms with Gasteiger partial charge in [-0.15, -0.1) is 0 Å². The highest BCUT2D eigenvalue weighted by molar-refractivity contribution is 6.38. The highest BCUT2D eigenvalue weighted by atomic mass is 14.6. The molecule has 222 valence electrons. The summed E-state index contributed by atoms with van der Waals surface area (Å²) < 4.78 is 0. The number of rotatable bonds is 4. The van der Waals surface area contributed by atoms with Gasteiger partial charge in [0.2, 0.25) is 0 Å². The summed E-state index contributed by atoms with van der Waals surface area (Å²) in [5, 5.41) is 6.82. The third-order valence-electron chi connectivity index (χ3n) is 9.51. The fraction of sp³-hybridized carbons (Fsp3) is 0.0909. The van der Waals surface area contributed by atoms with Crippen molar-refractivity contribution in [3.05, 3.63) is 144 Å². The number of anilines is 2. The van der Waals surface area contributed by atoms with Gasteiger partial charge < -0.3 is 11.5 Å². The minimum atomic E-state index is 0.769. The van der Waals surface area contributed by atoms with Crippen LogP contribution in [0.2, 0.25) is 0 Å². The number of nitrogens with two attached hydrogens (primary N) is 2. The maximum absolute atomic E-state index is 7.38. The Morgan fingerprint density at radius 3 is 1.26 bits per heavy atom. The molecule has 0 aliphatic carbocycles. The molecule has 0 bridgehead atoms. The minimum absolute atomic E-state index is 0.769. The summed E-state index contributed by atoms with van der Waals surface area (Å²) in [6.45, 7) is 8.63. The molecule has 2 nitrogen and oxygen atoms in total. The molecule has 0 spiro atoms. The molecule has 2 heteroatoms. The molecule has 0 radical (unpaired) electrons. The van der Waals surface area contributed by atoms with Crippen molar-refractivity contribution < 1.29 is 0 Å². The van der Waals surface area contributed by atoms with Crippen LogP contribution in [0.5, 0.6) is 0 Å². The summed E-state index contributed by atoms with van der Waals surface area (Å²) in [4.78, 5) is 0. The van der Waals surface area contributed by atoms with Gasteiger partial charge in [-0.3, -0.25) is 0 Å². The van der Waals surface area contributed by atoms with Gasteiger partial charge in [0.15, 0.2) is 0 Å². The SMILES string of the molecule is Cc1cccc(-c2c(N)c3ccc4ccc(N)c5c(-c6cccc(C)c6)c(-c6cccc(C)c6)c(c2-c2cccc(C)c2)c3c45)c1. The van der Waals surface area contributed by atoms with Crippen LogP contribution in [0.15, 0.2) is 121 Å². The van der Waals surface area contributed by atoms with Crippen LogP contribution in [-0.4, -0.2) is 0 Å². The molecule has 0 unspecified atom stereocenters. The molecule has 0 aromatic heterocycles. The first-order chi connectivity index (χ1) is 22.3. The van der Waals surface area contributed by atoms with E-state index in [1.165, 1.54) is 33.2 Å². The number of hydrogen-bond acceptors (Lipinski definition) is 2. The van der Waals surface area contributed by atoms with Gasteiger partial charge in [-0.25, -0.2) is 0 Å². The summed E-state index contributed by atoms with van der Waals surface area (Å²) in [6.07, 6.45) is 0. The molecule has 46 heavy (non-hydrogen) atoms. The third-order valence-corrected chi connectivity index (χ3v) is 9.51. The van der Waals surface area contributed by atoms with Crippen molar-refractivity contribution in [3.8, 4) is 44.5 Å². The summed E-state index contributed by atoms with van der Waals surface area (Å²) in [5.41, 5.74) is 29.9. The van der Waals surface area contributed by atoms with E-state index in [9.17, 15) is 0 Å². The van der Waals surface area contributed by atoms with Crippen LogP contribution in [0.4, 0.5) is 11.4 Å². The van der Waals surface area contributed by atoms with E-state index in [1.54, 1.807) is 0 Å². The maximum atomic E-state index is 7.38. The molecular formula is C44H36N2. The smallest absolute Gasteiger partial charge is 0.0480 e.